The summed E-state index contributed by atoms with van der Waals surface area (Å²) in [5.74, 6) is -1.36. The molecule has 64 valence electrons. The Balaban J connectivity index is 3.17. The number of primary amides is 1. The highest BCUT2D eigenvalue weighted by atomic mass is 16.4. The first-order chi connectivity index (χ1) is 5.52. The molecule has 0 bridgehead atoms. The van der Waals surface area contributed by atoms with Gasteiger partial charge in [0.05, 0.1) is 0 Å². The van der Waals surface area contributed by atoms with Crippen molar-refractivity contribution in [3.8, 4) is 0 Å². The molecule has 0 saturated carbocycles. The molecule has 0 spiro atoms. The van der Waals surface area contributed by atoms with Crippen LogP contribution in [-0.4, -0.2) is 26.9 Å². The van der Waals surface area contributed by atoms with Crippen molar-refractivity contribution in [3.05, 3.63) is 11.8 Å². The third kappa shape index (κ3) is 1.19. The fraction of sp³-hybridized carbons (Fsp3) is 0. The van der Waals surface area contributed by atoms with E-state index in [1.54, 1.807) is 0 Å². The van der Waals surface area contributed by atoms with E-state index in [9.17, 15) is 9.59 Å². The van der Waals surface area contributed by atoms with Gasteiger partial charge < -0.3 is 16.6 Å². The fourth-order valence-corrected chi connectivity index (χ4v) is 0.677. The van der Waals surface area contributed by atoms with Crippen molar-refractivity contribution in [3.63, 3.8) is 0 Å². The van der Waals surface area contributed by atoms with Gasteiger partial charge in [0.2, 0.25) is 0 Å². The van der Waals surface area contributed by atoms with Crippen LogP contribution in [0.5, 0.6) is 0 Å². The van der Waals surface area contributed by atoms with Crippen molar-refractivity contribution < 1.29 is 14.7 Å². The Morgan fingerprint density at radius 2 is 2.17 bits per heavy atom. The number of anilines is 1. The van der Waals surface area contributed by atoms with E-state index in [2.05, 4.69) is 5.10 Å². The number of carboxylic acid groups (broad SMARTS) is 1. The van der Waals surface area contributed by atoms with Crippen LogP contribution in [0.2, 0.25) is 0 Å². The Labute approximate surface area is 66.6 Å². The Kier molecular flexibility index (Phi) is 1.70. The number of nitrogen functional groups attached to an aromatic ring is 1. The lowest BCUT2D eigenvalue weighted by Gasteiger charge is -1.93. The quantitative estimate of drug-likeness (QED) is 0.503. The smallest absolute Gasteiger partial charge is 0.356 e. The maximum absolute atomic E-state index is 10.5. The average molecular weight is 170 g/mol. The van der Waals surface area contributed by atoms with Crippen LogP contribution in [0.1, 0.15) is 10.5 Å². The highest BCUT2D eigenvalue weighted by Gasteiger charge is 2.13. The third-order valence-electron chi connectivity index (χ3n) is 1.16. The number of aromatic nitrogens is 2. The first kappa shape index (κ1) is 8.05. The number of rotatable bonds is 1. The summed E-state index contributed by atoms with van der Waals surface area (Å²) >= 11 is 0. The molecule has 0 aromatic carbocycles. The molecule has 0 aliphatic heterocycles. The molecule has 1 aromatic rings. The van der Waals surface area contributed by atoms with Gasteiger partial charge in [-0.15, -0.1) is 0 Å². The summed E-state index contributed by atoms with van der Waals surface area (Å²) in [5.41, 5.74) is 9.72. The lowest BCUT2D eigenvalue weighted by Crippen LogP contribution is -2.22. The molecule has 0 atom stereocenters. The monoisotopic (exact) mass is 170 g/mol. The second kappa shape index (κ2) is 2.53. The third-order valence-corrected chi connectivity index (χ3v) is 1.16. The van der Waals surface area contributed by atoms with Crippen LogP contribution in [0.3, 0.4) is 0 Å². The van der Waals surface area contributed by atoms with Crippen molar-refractivity contribution in [2.45, 2.75) is 0 Å². The summed E-state index contributed by atoms with van der Waals surface area (Å²) in [5, 5.41) is 11.7. The molecule has 5 N–H and O–H groups in total. The summed E-state index contributed by atoms with van der Waals surface area (Å²) in [6, 6.07) is 0.132. The van der Waals surface area contributed by atoms with Crippen LogP contribution in [0.25, 0.3) is 0 Å². The zero-order chi connectivity index (χ0) is 9.30. The van der Waals surface area contributed by atoms with E-state index in [0.29, 0.717) is 4.68 Å². The minimum atomic E-state index is -1.26. The van der Waals surface area contributed by atoms with Gasteiger partial charge in [-0.2, -0.15) is 9.78 Å². The Bertz CT molecular complexity index is 342. The van der Waals surface area contributed by atoms with E-state index in [1.807, 2.05) is 0 Å². The standard InChI is InChI=1S/C5H6N4O3/c6-3-1-2(4(10)11)8-9(3)5(7)12/h1H,6H2,(H2,7,12)(H,10,11). The normalized spacial score (nSPS) is 9.67. The summed E-state index contributed by atoms with van der Waals surface area (Å²) < 4.78 is 0.615. The molecular weight excluding hydrogens is 164 g/mol. The van der Waals surface area contributed by atoms with Crippen molar-refractivity contribution in [1.82, 2.24) is 9.78 Å². The molecule has 0 aliphatic carbocycles. The van der Waals surface area contributed by atoms with E-state index >= 15 is 0 Å². The predicted molar refractivity (Wildman–Crippen MR) is 38.6 cm³/mol. The molecule has 7 nitrogen and oxygen atoms in total. The molecule has 1 aromatic heterocycles. The highest BCUT2D eigenvalue weighted by Crippen LogP contribution is 2.04. The van der Waals surface area contributed by atoms with Gasteiger partial charge in [-0.25, -0.2) is 9.59 Å². The van der Waals surface area contributed by atoms with E-state index in [-0.39, 0.29) is 11.5 Å². The van der Waals surface area contributed by atoms with E-state index in [0.717, 1.165) is 6.07 Å². The van der Waals surface area contributed by atoms with Gasteiger partial charge in [-0.1, -0.05) is 0 Å². The number of nitrogens with zero attached hydrogens (tertiary/aromatic N) is 2. The number of hydrogen-bond acceptors (Lipinski definition) is 4. The zero-order valence-corrected chi connectivity index (χ0v) is 5.89. The van der Waals surface area contributed by atoms with Gasteiger partial charge in [-0.05, 0) is 0 Å². The lowest BCUT2D eigenvalue weighted by molar-refractivity contribution is 0.0690. The number of hydrogen-bond donors (Lipinski definition) is 3. The molecule has 12 heavy (non-hydrogen) atoms. The maximum Gasteiger partial charge on any atom is 0.356 e. The van der Waals surface area contributed by atoms with Crippen LogP contribution >= 0.6 is 0 Å². The first-order valence-electron chi connectivity index (χ1n) is 2.91. The van der Waals surface area contributed by atoms with Gasteiger partial charge in [0.15, 0.2) is 5.69 Å². The SMILES string of the molecule is NC(=O)n1nc(C(=O)O)cc1N. The van der Waals surface area contributed by atoms with Crippen molar-refractivity contribution in [1.29, 1.82) is 0 Å². The minimum Gasteiger partial charge on any atom is -0.476 e. The minimum absolute atomic E-state index is 0.0973. The van der Waals surface area contributed by atoms with Crippen LogP contribution in [-0.2, 0) is 0 Å². The molecular formula is C5H6N4O3. The molecule has 0 aliphatic rings. The molecule has 0 fully saturated rings. The van der Waals surface area contributed by atoms with Crippen LogP contribution in [0.4, 0.5) is 10.6 Å². The number of carboxylic acids is 1. The molecule has 1 heterocycles. The lowest BCUT2D eigenvalue weighted by atomic mass is 10.4. The first-order valence-corrected chi connectivity index (χ1v) is 2.91. The van der Waals surface area contributed by atoms with Crippen molar-refractivity contribution in [2.75, 3.05) is 5.73 Å². The summed E-state index contributed by atoms with van der Waals surface area (Å²) in [4.78, 5) is 20.8. The van der Waals surface area contributed by atoms with Gasteiger partial charge in [0, 0.05) is 6.07 Å². The molecule has 7 heteroatoms. The van der Waals surface area contributed by atoms with Gasteiger partial charge in [-0.3, -0.25) is 0 Å². The van der Waals surface area contributed by atoms with Gasteiger partial charge in [0.25, 0.3) is 0 Å². The maximum atomic E-state index is 10.5. The number of carbonyl (C=O) groups is 2. The second-order valence-electron chi connectivity index (χ2n) is 2.01. The largest absolute Gasteiger partial charge is 0.476 e. The number of amides is 1. The molecule has 0 saturated heterocycles. The molecule has 1 rings (SSSR count). The fourth-order valence-electron chi connectivity index (χ4n) is 0.677. The van der Waals surface area contributed by atoms with Crippen LogP contribution < -0.4 is 11.5 Å². The summed E-state index contributed by atoms with van der Waals surface area (Å²) in [6.07, 6.45) is 0. The summed E-state index contributed by atoms with van der Waals surface area (Å²) in [6.45, 7) is 0. The average Bonchev–Trinajstić information content (AvgIpc) is 2.30. The molecule has 1 amide bonds. The zero-order valence-electron chi connectivity index (χ0n) is 5.89. The van der Waals surface area contributed by atoms with Gasteiger partial charge >= 0.3 is 12.0 Å². The summed E-state index contributed by atoms with van der Waals surface area (Å²) in [7, 11) is 0. The van der Waals surface area contributed by atoms with Crippen LogP contribution in [0.15, 0.2) is 6.07 Å². The Morgan fingerprint density at radius 1 is 1.58 bits per heavy atom. The van der Waals surface area contributed by atoms with Gasteiger partial charge in [0.1, 0.15) is 5.82 Å². The second-order valence-corrected chi connectivity index (χ2v) is 2.01. The molecule has 0 unspecified atom stereocenters. The van der Waals surface area contributed by atoms with E-state index in [1.165, 1.54) is 0 Å². The topological polar surface area (TPSA) is 124 Å². The number of nitrogens with two attached hydrogens (primary N) is 2. The van der Waals surface area contributed by atoms with E-state index < -0.39 is 12.0 Å². The number of carbonyl (C=O) groups excluding carboxylic acids is 1. The predicted octanol–water partition coefficient (Wildman–Crippen LogP) is -0.910. The molecule has 0 radical (unpaired) electrons. The Morgan fingerprint density at radius 3 is 2.42 bits per heavy atom. The van der Waals surface area contributed by atoms with Crippen LogP contribution in [0, 0.1) is 0 Å². The number of aromatic carboxylic acids is 1. The van der Waals surface area contributed by atoms with E-state index in [4.69, 9.17) is 16.6 Å². The highest BCUT2D eigenvalue weighted by molar-refractivity contribution is 5.88. The van der Waals surface area contributed by atoms with Crippen molar-refractivity contribution >= 4 is 17.8 Å². The Hall–Kier alpha value is -2.05. The van der Waals surface area contributed by atoms with Crippen molar-refractivity contribution in [2.24, 2.45) is 5.73 Å².